The van der Waals surface area contributed by atoms with E-state index in [4.69, 9.17) is 9.47 Å². The Morgan fingerprint density at radius 1 is 0.962 bits per heavy atom. The van der Waals surface area contributed by atoms with Crippen LogP contribution in [0.15, 0.2) is 24.3 Å². The van der Waals surface area contributed by atoms with E-state index in [0.717, 1.165) is 50.1 Å². The quantitative estimate of drug-likeness (QED) is 0.780. The van der Waals surface area contributed by atoms with Crippen molar-refractivity contribution in [3.05, 3.63) is 29.8 Å². The molecule has 6 nitrogen and oxygen atoms in total. The number of benzene rings is 1. The van der Waals surface area contributed by atoms with E-state index in [9.17, 15) is 9.59 Å². The fourth-order valence-corrected chi connectivity index (χ4v) is 3.83. The molecule has 0 unspecified atom stereocenters. The fraction of sp³-hybridized carbons (Fsp3) is 0.500. The van der Waals surface area contributed by atoms with E-state index in [2.05, 4.69) is 0 Å². The summed E-state index contributed by atoms with van der Waals surface area (Å²) in [5.41, 5.74) is 0.904. The molecule has 0 bridgehead atoms. The number of rotatable bonds is 3. The van der Waals surface area contributed by atoms with Crippen LogP contribution in [0, 0.1) is 5.92 Å². The summed E-state index contributed by atoms with van der Waals surface area (Å²) in [6, 6.07) is 5.62. The lowest BCUT2D eigenvalue weighted by molar-refractivity contribution is -0.138. The second-order valence-electron chi connectivity index (χ2n) is 7.08. The molecular weight excluding hydrogens is 332 g/mol. The molecule has 4 rings (SSSR count). The maximum Gasteiger partial charge on any atom is 0.246 e. The predicted octanol–water partition coefficient (Wildman–Crippen LogP) is 2.29. The lowest BCUT2D eigenvalue weighted by atomic mass is 9.95. The van der Waals surface area contributed by atoms with Gasteiger partial charge in [-0.05, 0) is 49.5 Å². The summed E-state index contributed by atoms with van der Waals surface area (Å²) < 4.78 is 10.6. The Morgan fingerprint density at radius 3 is 2.46 bits per heavy atom. The second kappa shape index (κ2) is 7.40. The average molecular weight is 356 g/mol. The smallest absolute Gasteiger partial charge is 0.246 e. The number of fused-ring (bicyclic) bond motifs is 1. The highest BCUT2D eigenvalue weighted by atomic mass is 16.7. The van der Waals surface area contributed by atoms with Gasteiger partial charge in [0, 0.05) is 38.2 Å². The van der Waals surface area contributed by atoms with Crippen LogP contribution < -0.4 is 9.47 Å². The molecule has 0 radical (unpaired) electrons. The summed E-state index contributed by atoms with van der Waals surface area (Å²) in [7, 11) is 0. The molecule has 0 atom stereocenters. The molecule has 3 aliphatic heterocycles. The monoisotopic (exact) mass is 356 g/mol. The van der Waals surface area contributed by atoms with Gasteiger partial charge in [0.15, 0.2) is 11.5 Å². The van der Waals surface area contributed by atoms with Gasteiger partial charge in [0.1, 0.15) is 0 Å². The highest BCUT2D eigenvalue weighted by Crippen LogP contribution is 2.32. The third kappa shape index (κ3) is 3.54. The summed E-state index contributed by atoms with van der Waals surface area (Å²) in [5.74, 6) is 1.80. The zero-order valence-electron chi connectivity index (χ0n) is 14.9. The summed E-state index contributed by atoms with van der Waals surface area (Å²) in [6.07, 6.45) is 7.16. The van der Waals surface area contributed by atoms with E-state index in [-0.39, 0.29) is 24.5 Å². The minimum Gasteiger partial charge on any atom is -0.454 e. The van der Waals surface area contributed by atoms with Crippen LogP contribution in [-0.4, -0.2) is 54.6 Å². The molecule has 1 aromatic carbocycles. The van der Waals surface area contributed by atoms with Crippen LogP contribution in [-0.2, 0) is 9.59 Å². The third-order valence-corrected chi connectivity index (χ3v) is 5.39. The van der Waals surface area contributed by atoms with E-state index in [1.165, 1.54) is 0 Å². The molecule has 0 aliphatic carbocycles. The van der Waals surface area contributed by atoms with Gasteiger partial charge >= 0.3 is 0 Å². The molecule has 1 aromatic rings. The first-order valence-corrected chi connectivity index (χ1v) is 9.36. The maximum absolute atomic E-state index is 12.5. The van der Waals surface area contributed by atoms with Gasteiger partial charge < -0.3 is 19.3 Å². The Bertz CT molecular complexity index is 717. The van der Waals surface area contributed by atoms with Crippen LogP contribution in [0.1, 0.15) is 31.2 Å². The Balaban J connectivity index is 1.30. The highest BCUT2D eigenvalue weighted by molar-refractivity contribution is 5.92. The van der Waals surface area contributed by atoms with E-state index >= 15 is 0 Å². The molecule has 0 spiro atoms. The van der Waals surface area contributed by atoms with Crippen LogP contribution in [0.3, 0.4) is 0 Å². The lowest BCUT2D eigenvalue weighted by Gasteiger charge is -2.32. The lowest BCUT2D eigenvalue weighted by Crippen LogP contribution is -2.43. The normalized spacial score (nSPS) is 20.2. The van der Waals surface area contributed by atoms with E-state index in [1.807, 2.05) is 28.0 Å². The van der Waals surface area contributed by atoms with Gasteiger partial charge in [-0.3, -0.25) is 9.59 Å². The maximum atomic E-state index is 12.5. The first-order valence-electron chi connectivity index (χ1n) is 9.36. The van der Waals surface area contributed by atoms with Gasteiger partial charge in [-0.2, -0.15) is 0 Å². The summed E-state index contributed by atoms with van der Waals surface area (Å²) in [5, 5.41) is 0. The van der Waals surface area contributed by atoms with Gasteiger partial charge in [-0.25, -0.2) is 0 Å². The van der Waals surface area contributed by atoms with Gasteiger partial charge in [0.2, 0.25) is 18.6 Å². The molecule has 6 heteroatoms. The number of hydrogen-bond acceptors (Lipinski definition) is 4. The van der Waals surface area contributed by atoms with E-state index < -0.39 is 0 Å². The van der Waals surface area contributed by atoms with Crippen molar-refractivity contribution in [2.24, 2.45) is 5.92 Å². The molecule has 2 fully saturated rings. The van der Waals surface area contributed by atoms with E-state index in [1.54, 1.807) is 12.2 Å². The minimum atomic E-state index is -0.00487. The molecule has 138 valence electrons. The van der Waals surface area contributed by atoms with Crippen LogP contribution in [0.25, 0.3) is 6.08 Å². The number of ether oxygens (including phenoxy) is 2. The van der Waals surface area contributed by atoms with Crippen LogP contribution in [0.4, 0.5) is 0 Å². The van der Waals surface area contributed by atoms with Crippen molar-refractivity contribution in [1.82, 2.24) is 9.80 Å². The van der Waals surface area contributed by atoms with Crippen LogP contribution in [0.5, 0.6) is 11.5 Å². The van der Waals surface area contributed by atoms with Crippen LogP contribution in [0.2, 0.25) is 0 Å². The molecule has 2 amide bonds. The van der Waals surface area contributed by atoms with Crippen molar-refractivity contribution in [3.63, 3.8) is 0 Å². The summed E-state index contributed by atoms with van der Waals surface area (Å²) >= 11 is 0. The van der Waals surface area contributed by atoms with Crippen molar-refractivity contribution >= 4 is 17.9 Å². The van der Waals surface area contributed by atoms with Crippen molar-refractivity contribution < 1.29 is 19.1 Å². The van der Waals surface area contributed by atoms with Gasteiger partial charge in [-0.15, -0.1) is 0 Å². The number of nitrogens with zero attached hydrogens (tertiary/aromatic N) is 2. The largest absolute Gasteiger partial charge is 0.454 e. The zero-order chi connectivity index (χ0) is 17.9. The molecule has 0 aromatic heterocycles. The Kier molecular flexibility index (Phi) is 4.82. The van der Waals surface area contributed by atoms with Crippen molar-refractivity contribution in [2.75, 3.05) is 33.0 Å². The number of likely N-dealkylation sites (tertiary alicyclic amines) is 2. The van der Waals surface area contributed by atoms with Gasteiger partial charge in [0.05, 0.1) is 0 Å². The van der Waals surface area contributed by atoms with Gasteiger partial charge in [0.25, 0.3) is 0 Å². The Labute approximate surface area is 153 Å². The Hall–Kier alpha value is -2.50. The summed E-state index contributed by atoms with van der Waals surface area (Å²) in [4.78, 5) is 28.7. The Morgan fingerprint density at radius 2 is 1.69 bits per heavy atom. The number of carbonyl (C=O) groups is 2. The number of amides is 2. The van der Waals surface area contributed by atoms with Gasteiger partial charge in [-0.1, -0.05) is 6.07 Å². The first-order chi connectivity index (χ1) is 12.7. The number of carbonyl (C=O) groups excluding carboxylic acids is 2. The number of hydrogen-bond donors (Lipinski definition) is 0. The van der Waals surface area contributed by atoms with Crippen molar-refractivity contribution in [1.29, 1.82) is 0 Å². The second-order valence-corrected chi connectivity index (χ2v) is 7.08. The van der Waals surface area contributed by atoms with Crippen molar-refractivity contribution in [3.8, 4) is 11.5 Å². The van der Waals surface area contributed by atoms with E-state index in [0.29, 0.717) is 18.8 Å². The SMILES string of the molecule is O=C(/C=C/c1ccc2c(c1)OCO2)N1CCC(C(=O)N2CCCC2)CC1. The highest BCUT2D eigenvalue weighted by Gasteiger charge is 2.30. The molecule has 0 N–H and O–H groups in total. The van der Waals surface area contributed by atoms with Crippen LogP contribution >= 0.6 is 0 Å². The molecule has 3 heterocycles. The first kappa shape index (κ1) is 16.9. The fourth-order valence-electron chi connectivity index (χ4n) is 3.83. The average Bonchev–Trinajstić information content (AvgIpc) is 3.37. The summed E-state index contributed by atoms with van der Waals surface area (Å²) in [6.45, 7) is 3.34. The molecular formula is C20H24N2O4. The number of piperidine rings is 1. The topological polar surface area (TPSA) is 59.1 Å². The molecule has 2 saturated heterocycles. The standard InChI is InChI=1S/C20H24N2O4/c23-19(6-4-15-3-5-17-18(13-15)26-14-25-17)21-11-7-16(8-12-21)20(24)22-9-1-2-10-22/h3-6,13,16H,1-2,7-12,14H2/b6-4+. The minimum absolute atomic E-state index is 0.00487. The van der Waals surface area contributed by atoms with Crippen molar-refractivity contribution in [2.45, 2.75) is 25.7 Å². The molecule has 0 saturated carbocycles. The zero-order valence-corrected chi connectivity index (χ0v) is 14.9. The third-order valence-electron chi connectivity index (χ3n) is 5.39. The molecule has 26 heavy (non-hydrogen) atoms. The molecule has 3 aliphatic rings. The predicted molar refractivity (Wildman–Crippen MR) is 96.7 cm³/mol.